The predicted octanol–water partition coefficient (Wildman–Crippen LogP) is 1.27. The van der Waals surface area contributed by atoms with Crippen molar-refractivity contribution in [1.82, 2.24) is 10.2 Å². The van der Waals surface area contributed by atoms with Crippen molar-refractivity contribution >= 4 is 6.09 Å². The Morgan fingerprint density at radius 3 is 2.94 bits per heavy atom. The zero-order valence-corrected chi connectivity index (χ0v) is 10.1. The predicted molar refractivity (Wildman–Crippen MR) is 65.9 cm³/mol. The summed E-state index contributed by atoms with van der Waals surface area (Å²) >= 11 is 0. The highest BCUT2D eigenvalue weighted by atomic mass is 16.5. The molecule has 17 heavy (non-hydrogen) atoms. The maximum absolute atomic E-state index is 11.4. The van der Waals surface area contributed by atoms with Crippen LogP contribution in [-0.2, 0) is 11.2 Å². The van der Waals surface area contributed by atoms with Gasteiger partial charge in [0.05, 0.1) is 7.11 Å². The molecule has 0 bridgehead atoms. The van der Waals surface area contributed by atoms with Crippen LogP contribution in [0.25, 0.3) is 0 Å². The summed E-state index contributed by atoms with van der Waals surface area (Å²) in [5.41, 5.74) is 1.29. The van der Waals surface area contributed by atoms with Gasteiger partial charge in [-0.1, -0.05) is 30.3 Å². The van der Waals surface area contributed by atoms with Crippen LogP contribution in [0.4, 0.5) is 4.79 Å². The van der Waals surface area contributed by atoms with Crippen molar-refractivity contribution in [2.45, 2.75) is 12.5 Å². The van der Waals surface area contributed by atoms with Gasteiger partial charge in [0.25, 0.3) is 0 Å². The van der Waals surface area contributed by atoms with E-state index in [4.69, 9.17) is 4.74 Å². The fraction of sp³-hybridized carbons (Fsp3) is 0.462. The lowest BCUT2D eigenvalue weighted by molar-refractivity contribution is 0.109. The molecule has 1 aliphatic heterocycles. The molecule has 0 spiro atoms. The van der Waals surface area contributed by atoms with Gasteiger partial charge < -0.3 is 15.0 Å². The standard InChI is InChI=1S/C13H18N2O2/c1-17-13(16)15-8-7-14-12(10-15)9-11-5-3-2-4-6-11/h2-6,12,14H,7-10H2,1H3. The lowest BCUT2D eigenvalue weighted by Gasteiger charge is -2.32. The maximum atomic E-state index is 11.4. The van der Waals surface area contributed by atoms with E-state index in [1.807, 2.05) is 18.2 Å². The normalized spacial score (nSPS) is 20.1. The van der Waals surface area contributed by atoms with E-state index in [9.17, 15) is 4.79 Å². The Morgan fingerprint density at radius 2 is 2.24 bits per heavy atom. The lowest BCUT2D eigenvalue weighted by Crippen LogP contribution is -2.53. The van der Waals surface area contributed by atoms with Gasteiger partial charge in [-0.15, -0.1) is 0 Å². The van der Waals surface area contributed by atoms with Crippen molar-refractivity contribution in [2.24, 2.45) is 0 Å². The molecule has 1 aliphatic rings. The number of amides is 1. The largest absolute Gasteiger partial charge is 0.453 e. The molecule has 1 atom stereocenters. The van der Waals surface area contributed by atoms with Crippen LogP contribution in [0.15, 0.2) is 30.3 Å². The number of ether oxygens (including phenoxy) is 1. The Labute approximate surface area is 102 Å². The molecule has 92 valence electrons. The third kappa shape index (κ3) is 3.20. The zero-order chi connectivity index (χ0) is 12.1. The molecular formula is C13H18N2O2. The van der Waals surface area contributed by atoms with E-state index in [0.29, 0.717) is 12.6 Å². The van der Waals surface area contributed by atoms with Gasteiger partial charge in [0, 0.05) is 25.7 Å². The third-order valence-electron chi connectivity index (χ3n) is 3.01. The van der Waals surface area contributed by atoms with Gasteiger partial charge in [-0.3, -0.25) is 0 Å². The first-order valence-electron chi connectivity index (χ1n) is 5.90. The molecule has 1 heterocycles. The summed E-state index contributed by atoms with van der Waals surface area (Å²) in [6.07, 6.45) is 0.707. The number of piperazine rings is 1. The molecule has 1 unspecified atom stereocenters. The summed E-state index contributed by atoms with van der Waals surface area (Å²) in [7, 11) is 1.43. The highest BCUT2D eigenvalue weighted by Gasteiger charge is 2.23. The molecule has 4 nitrogen and oxygen atoms in total. The summed E-state index contributed by atoms with van der Waals surface area (Å²) in [5, 5.41) is 3.43. The molecule has 0 aromatic heterocycles. The Balaban J connectivity index is 1.92. The third-order valence-corrected chi connectivity index (χ3v) is 3.01. The Morgan fingerprint density at radius 1 is 1.47 bits per heavy atom. The Hall–Kier alpha value is -1.55. The van der Waals surface area contributed by atoms with Crippen molar-refractivity contribution in [1.29, 1.82) is 0 Å². The van der Waals surface area contributed by atoms with Crippen molar-refractivity contribution < 1.29 is 9.53 Å². The molecule has 1 amide bonds. The second-order valence-electron chi connectivity index (χ2n) is 4.26. The van der Waals surface area contributed by atoms with Crippen LogP contribution in [0.1, 0.15) is 5.56 Å². The van der Waals surface area contributed by atoms with Gasteiger partial charge >= 0.3 is 6.09 Å². The second-order valence-corrected chi connectivity index (χ2v) is 4.26. The average molecular weight is 234 g/mol. The number of methoxy groups -OCH3 is 1. The molecule has 1 saturated heterocycles. The molecule has 0 radical (unpaired) electrons. The van der Waals surface area contributed by atoms with Crippen LogP contribution < -0.4 is 5.32 Å². The fourth-order valence-electron chi connectivity index (χ4n) is 2.16. The van der Waals surface area contributed by atoms with Crippen LogP contribution in [0, 0.1) is 0 Å². The van der Waals surface area contributed by atoms with Gasteiger partial charge in [0.15, 0.2) is 0 Å². The Kier molecular flexibility index (Phi) is 3.98. The first-order valence-corrected chi connectivity index (χ1v) is 5.90. The van der Waals surface area contributed by atoms with E-state index in [-0.39, 0.29) is 6.09 Å². The van der Waals surface area contributed by atoms with Gasteiger partial charge in [-0.05, 0) is 12.0 Å². The summed E-state index contributed by atoms with van der Waals surface area (Å²) in [6, 6.07) is 10.6. The molecule has 2 rings (SSSR count). The monoisotopic (exact) mass is 234 g/mol. The quantitative estimate of drug-likeness (QED) is 0.838. The molecule has 4 heteroatoms. The van der Waals surface area contributed by atoms with Crippen LogP contribution in [0.3, 0.4) is 0 Å². The zero-order valence-electron chi connectivity index (χ0n) is 10.1. The minimum absolute atomic E-state index is 0.232. The van der Waals surface area contributed by atoms with E-state index < -0.39 is 0 Å². The van der Waals surface area contributed by atoms with Crippen molar-refractivity contribution in [3.8, 4) is 0 Å². The number of hydrogen-bond acceptors (Lipinski definition) is 3. The molecule has 1 aromatic rings. The minimum Gasteiger partial charge on any atom is -0.453 e. The van der Waals surface area contributed by atoms with E-state index in [2.05, 4.69) is 17.4 Å². The molecular weight excluding hydrogens is 216 g/mol. The van der Waals surface area contributed by atoms with Gasteiger partial charge in [0.1, 0.15) is 0 Å². The van der Waals surface area contributed by atoms with Crippen LogP contribution >= 0.6 is 0 Å². The summed E-state index contributed by atoms with van der Waals surface area (Å²) in [6.45, 7) is 2.26. The lowest BCUT2D eigenvalue weighted by atomic mass is 10.0. The van der Waals surface area contributed by atoms with Crippen LogP contribution in [0.2, 0.25) is 0 Å². The molecule has 1 N–H and O–H groups in total. The van der Waals surface area contributed by atoms with E-state index >= 15 is 0 Å². The van der Waals surface area contributed by atoms with Crippen LogP contribution in [-0.4, -0.2) is 43.8 Å². The van der Waals surface area contributed by atoms with Crippen molar-refractivity contribution in [3.05, 3.63) is 35.9 Å². The number of nitrogens with zero attached hydrogens (tertiary/aromatic N) is 1. The first-order chi connectivity index (χ1) is 8.29. The molecule has 1 fully saturated rings. The highest BCUT2D eigenvalue weighted by molar-refractivity contribution is 5.67. The van der Waals surface area contributed by atoms with Gasteiger partial charge in [0.2, 0.25) is 0 Å². The van der Waals surface area contributed by atoms with Crippen LogP contribution in [0.5, 0.6) is 0 Å². The van der Waals surface area contributed by atoms with E-state index in [1.165, 1.54) is 12.7 Å². The number of rotatable bonds is 2. The van der Waals surface area contributed by atoms with Crippen molar-refractivity contribution in [2.75, 3.05) is 26.7 Å². The average Bonchev–Trinajstić information content (AvgIpc) is 2.39. The smallest absolute Gasteiger partial charge is 0.409 e. The number of carbonyl (C=O) groups excluding carboxylic acids is 1. The highest BCUT2D eigenvalue weighted by Crippen LogP contribution is 2.08. The number of benzene rings is 1. The van der Waals surface area contributed by atoms with E-state index in [0.717, 1.165) is 19.5 Å². The second kappa shape index (κ2) is 5.68. The summed E-state index contributed by atoms with van der Waals surface area (Å²) in [5.74, 6) is 0. The molecule has 1 aromatic carbocycles. The number of carbonyl (C=O) groups is 1. The fourth-order valence-corrected chi connectivity index (χ4v) is 2.16. The summed E-state index contributed by atoms with van der Waals surface area (Å²) in [4.78, 5) is 13.2. The topological polar surface area (TPSA) is 41.6 Å². The van der Waals surface area contributed by atoms with Gasteiger partial charge in [-0.25, -0.2) is 4.79 Å². The SMILES string of the molecule is COC(=O)N1CCNC(Cc2ccccc2)C1. The molecule has 0 saturated carbocycles. The minimum atomic E-state index is -0.232. The Bertz CT molecular complexity index is 367. The number of hydrogen-bond donors (Lipinski definition) is 1. The van der Waals surface area contributed by atoms with Gasteiger partial charge in [-0.2, -0.15) is 0 Å². The molecule has 0 aliphatic carbocycles. The first kappa shape index (κ1) is 11.9. The van der Waals surface area contributed by atoms with Crippen molar-refractivity contribution in [3.63, 3.8) is 0 Å². The van der Waals surface area contributed by atoms with E-state index in [1.54, 1.807) is 4.90 Å². The number of nitrogens with one attached hydrogen (secondary N) is 1. The maximum Gasteiger partial charge on any atom is 0.409 e. The summed E-state index contributed by atoms with van der Waals surface area (Å²) < 4.78 is 4.75.